The summed E-state index contributed by atoms with van der Waals surface area (Å²) in [5.41, 5.74) is 1.44. The first kappa shape index (κ1) is 15.0. The lowest BCUT2D eigenvalue weighted by Gasteiger charge is -2.41. The van der Waals surface area contributed by atoms with Crippen molar-refractivity contribution in [3.8, 4) is 0 Å². The predicted molar refractivity (Wildman–Crippen MR) is 83.3 cm³/mol. The molecule has 2 aromatic rings. The molecule has 0 N–H and O–H groups in total. The number of benzene rings is 1. The zero-order valence-corrected chi connectivity index (χ0v) is 13.3. The monoisotopic (exact) mass is 347 g/mol. The minimum atomic E-state index is -0.627. The second-order valence-electron chi connectivity index (χ2n) is 5.51. The molecule has 1 aromatic heterocycles. The van der Waals surface area contributed by atoms with Crippen LogP contribution in [0.5, 0.6) is 0 Å². The Balaban J connectivity index is 1.30. The number of para-hydroxylation sites is 2. The van der Waals surface area contributed by atoms with Crippen LogP contribution in [0.3, 0.4) is 0 Å². The number of carbonyl (C=O) groups excluding carboxylic acids is 3. The van der Waals surface area contributed by atoms with Crippen LogP contribution in [0.2, 0.25) is 0 Å². The van der Waals surface area contributed by atoms with Crippen LogP contribution in [0.1, 0.15) is 0 Å². The molecule has 4 rings (SSSR count). The van der Waals surface area contributed by atoms with Gasteiger partial charge in [0.25, 0.3) is 11.1 Å². The van der Waals surface area contributed by atoms with Gasteiger partial charge in [-0.05, 0) is 12.1 Å². The molecule has 0 unspecified atom stereocenters. The lowest BCUT2D eigenvalue weighted by molar-refractivity contribution is -0.139. The van der Waals surface area contributed by atoms with E-state index in [9.17, 15) is 14.4 Å². The highest BCUT2D eigenvalue weighted by Gasteiger charge is 2.44. The number of likely N-dealkylation sites (tertiary alicyclic amines) is 1. The van der Waals surface area contributed by atoms with E-state index in [0.717, 1.165) is 10.4 Å². The number of hydrogen-bond donors (Lipinski definition) is 0. The summed E-state index contributed by atoms with van der Waals surface area (Å²) in [5, 5.41) is 0.444. The van der Waals surface area contributed by atoms with Gasteiger partial charge in [0.1, 0.15) is 5.52 Å². The number of amides is 3. The number of hydrogen-bond acceptors (Lipinski definition) is 7. The Kier molecular flexibility index (Phi) is 3.64. The largest absolute Gasteiger partial charge is 0.439 e. The number of aromatic nitrogens is 1. The Bertz CT molecular complexity index is 780. The number of cyclic esters (lactones) is 1. The first-order valence-electron chi connectivity index (χ1n) is 7.37. The predicted octanol–water partition coefficient (Wildman–Crippen LogP) is 1.11. The number of oxazole rings is 1. The van der Waals surface area contributed by atoms with Crippen molar-refractivity contribution in [3.63, 3.8) is 0 Å². The topological polar surface area (TPSA) is 93.0 Å². The lowest BCUT2D eigenvalue weighted by atomic mass is 10.1. The van der Waals surface area contributed by atoms with Crippen LogP contribution in [0.4, 0.5) is 4.79 Å². The van der Waals surface area contributed by atoms with Gasteiger partial charge in [0.15, 0.2) is 12.2 Å². The van der Waals surface area contributed by atoms with Gasteiger partial charge in [0.2, 0.25) is 5.91 Å². The number of nitrogens with zero attached hydrogens (tertiary/aromatic N) is 3. The van der Waals surface area contributed by atoms with Crippen molar-refractivity contribution in [1.29, 1.82) is 0 Å². The number of rotatable bonds is 4. The van der Waals surface area contributed by atoms with Crippen LogP contribution in [0.25, 0.3) is 11.1 Å². The normalized spacial score (nSPS) is 18.2. The molecule has 1 aromatic carbocycles. The number of imide groups is 1. The van der Waals surface area contributed by atoms with E-state index in [1.165, 1.54) is 11.8 Å². The molecule has 9 heteroatoms. The van der Waals surface area contributed by atoms with E-state index in [1.54, 1.807) is 4.90 Å². The fourth-order valence-corrected chi connectivity index (χ4v) is 3.41. The third kappa shape index (κ3) is 2.60. The molecule has 0 radical (unpaired) electrons. The summed E-state index contributed by atoms with van der Waals surface area (Å²) in [6, 6.07) is 7.11. The minimum Gasteiger partial charge on any atom is -0.439 e. The van der Waals surface area contributed by atoms with Crippen molar-refractivity contribution in [2.75, 3.05) is 25.4 Å². The van der Waals surface area contributed by atoms with Gasteiger partial charge in [-0.2, -0.15) is 0 Å². The van der Waals surface area contributed by atoms with Gasteiger partial charge < -0.3 is 14.1 Å². The van der Waals surface area contributed by atoms with Crippen molar-refractivity contribution in [2.45, 2.75) is 11.3 Å². The van der Waals surface area contributed by atoms with Gasteiger partial charge in [0.05, 0.1) is 11.8 Å². The molecule has 2 aliphatic heterocycles. The van der Waals surface area contributed by atoms with Crippen LogP contribution in [0, 0.1) is 0 Å². The average Bonchev–Trinajstić information content (AvgIpc) is 3.09. The Morgan fingerprint density at radius 2 is 2.08 bits per heavy atom. The highest BCUT2D eigenvalue weighted by atomic mass is 32.2. The third-order valence-corrected chi connectivity index (χ3v) is 4.77. The van der Waals surface area contributed by atoms with Crippen molar-refractivity contribution >= 4 is 40.8 Å². The molecule has 24 heavy (non-hydrogen) atoms. The van der Waals surface area contributed by atoms with E-state index < -0.39 is 6.09 Å². The molecule has 2 saturated heterocycles. The molecule has 3 heterocycles. The van der Waals surface area contributed by atoms with Crippen LogP contribution in [-0.4, -0.2) is 64.2 Å². The first-order chi connectivity index (χ1) is 11.6. The second kappa shape index (κ2) is 5.82. The Labute approximate surface area is 140 Å². The van der Waals surface area contributed by atoms with E-state index >= 15 is 0 Å². The molecular weight excluding hydrogens is 334 g/mol. The summed E-state index contributed by atoms with van der Waals surface area (Å²) in [6.45, 7) is 0.471. The van der Waals surface area contributed by atoms with Gasteiger partial charge in [-0.1, -0.05) is 23.9 Å². The smallest absolute Gasteiger partial charge is 0.417 e. The van der Waals surface area contributed by atoms with Gasteiger partial charge in [-0.3, -0.25) is 9.59 Å². The van der Waals surface area contributed by atoms with Crippen LogP contribution in [0.15, 0.2) is 33.9 Å². The number of carbonyl (C=O) groups is 3. The molecular formula is C15H13N3O5S. The maximum Gasteiger partial charge on any atom is 0.417 e. The number of fused-ring (bicyclic) bond motifs is 1. The Morgan fingerprint density at radius 3 is 2.79 bits per heavy atom. The van der Waals surface area contributed by atoms with E-state index in [-0.39, 0.29) is 30.2 Å². The number of ether oxygens (including phenoxy) is 1. The standard InChI is InChI=1S/C15H13N3O5S/c19-12-7-22-15(21)18(12)9-5-17(6-9)13(20)8-24-14-16-10-3-1-2-4-11(10)23-14/h1-4,9H,5-8H2. The molecule has 2 aliphatic rings. The fourth-order valence-electron chi connectivity index (χ4n) is 2.67. The number of thioether (sulfide) groups is 1. The van der Waals surface area contributed by atoms with Crippen LogP contribution in [-0.2, 0) is 14.3 Å². The molecule has 0 bridgehead atoms. The summed E-state index contributed by atoms with van der Waals surface area (Å²) in [7, 11) is 0. The quantitative estimate of drug-likeness (QED) is 0.765. The average molecular weight is 347 g/mol. The van der Waals surface area contributed by atoms with E-state index in [4.69, 9.17) is 4.42 Å². The minimum absolute atomic E-state index is 0.0847. The van der Waals surface area contributed by atoms with Gasteiger partial charge in [-0.25, -0.2) is 14.7 Å². The Hall–Kier alpha value is -2.55. The van der Waals surface area contributed by atoms with Gasteiger partial charge in [-0.15, -0.1) is 0 Å². The molecule has 0 atom stereocenters. The summed E-state index contributed by atoms with van der Waals surface area (Å²) >= 11 is 1.23. The third-order valence-electron chi connectivity index (χ3n) is 3.96. The van der Waals surface area contributed by atoms with Crippen LogP contribution >= 0.6 is 11.8 Å². The maximum atomic E-state index is 12.2. The van der Waals surface area contributed by atoms with Crippen molar-refractivity contribution in [2.24, 2.45) is 0 Å². The summed E-state index contributed by atoms with van der Waals surface area (Å²) < 4.78 is 10.2. The highest BCUT2D eigenvalue weighted by molar-refractivity contribution is 7.99. The molecule has 0 spiro atoms. The van der Waals surface area contributed by atoms with Crippen molar-refractivity contribution in [3.05, 3.63) is 24.3 Å². The first-order valence-corrected chi connectivity index (χ1v) is 8.35. The van der Waals surface area contributed by atoms with Gasteiger partial charge in [0, 0.05) is 13.1 Å². The van der Waals surface area contributed by atoms with Crippen LogP contribution < -0.4 is 0 Å². The zero-order chi connectivity index (χ0) is 16.7. The highest BCUT2D eigenvalue weighted by Crippen LogP contribution is 2.25. The lowest BCUT2D eigenvalue weighted by Crippen LogP contribution is -2.62. The Morgan fingerprint density at radius 1 is 1.29 bits per heavy atom. The van der Waals surface area contributed by atoms with Crippen molar-refractivity contribution in [1.82, 2.24) is 14.8 Å². The molecule has 0 aliphatic carbocycles. The SMILES string of the molecule is O=C(CSc1nc2ccccc2o1)N1CC(N2C(=O)COC2=O)C1. The molecule has 8 nitrogen and oxygen atoms in total. The van der Waals surface area contributed by atoms with E-state index in [1.807, 2.05) is 24.3 Å². The van der Waals surface area contributed by atoms with Crippen molar-refractivity contribution < 1.29 is 23.5 Å². The fraction of sp³-hybridized carbons (Fsp3) is 0.333. The molecule has 3 amide bonds. The molecule has 124 valence electrons. The maximum absolute atomic E-state index is 12.2. The summed E-state index contributed by atoms with van der Waals surface area (Å²) in [5.74, 6) is -0.241. The summed E-state index contributed by atoms with van der Waals surface area (Å²) in [4.78, 5) is 42.1. The van der Waals surface area contributed by atoms with E-state index in [0.29, 0.717) is 23.9 Å². The van der Waals surface area contributed by atoms with Gasteiger partial charge >= 0.3 is 6.09 Å². The zero-order valence-electron chi connectivity index (χ0n) is 12.5. The van der Waals surface area contributed by atoms with E-state index in [2.05, 4.69) is 9.72 Å². The second-order valence-corrected chi connectivity index (χ2v) is 6.43. The summed E-state index contributed by atoms with van der Waals surface area (Å²) in [6.07, 6.45) is -0.627. The molecule has 2 fully saturated rings. The molecule has 0 saturated carbocycles.